The van der Waals surface area contributed by atoms with Crippen molar-refractivity contribution in [3.63, 3.8) is 0 Å². The van der Waals surface area contributed by atoms with Crippen LogP contribution in [0.25, 0.3) is 0 Å². The van der Waals surface area contributed by atoms with E-state index in [2.05, 4.69) is 13.8 Å². The fourth-order valence-corrected chi connectivity index (χ4v) is 4.87. The molecule has 0 aromatic heterocycles. The second-order valence-electron chi connectivity index (χ2n) is 8.28. The van der Waals surface area contributed by atoms with Gasteiger partial charge in [0.2, 0.25) is 0 Å². The Kier molecular flexibility index (Phi) is 7.99. The van der Waals surface area contributed by atoms with Crippen molar-refractivity contribution in [1.29, 1.82) is 0 Å². The summed E-state index contributed by atoms with van der Waals surface area (Å²) in [5, 5.41) is -0.123. The lowest BCUT2D eigenvalue weighted by molar-refractivity contribution is -0.127. The van der Waals surface area contributed by atoms with Crippen LogP contribution in [0.1, 0.15) is 59.8 Å². The molecule has 2 fully saturated rings. The third-order valence-electron chi connectivity index (χ3n) is 5.14. The van der Waals surface area contributed by atoms with Gasteiger partial charge in [-0.05, 0) is 57.1 Å². The van der Waals surface area contributed by atoms with Crippen LogP contribution in [-0.4, -0.2) is 52.8 Å². The van der Waals surface area contributed by atoms with E-state index < -0.39 is 0 Å². The molecule has 5 nitrogen and oxygen atoms in total. The van der Waals surface area contributed by atoms with Gasteiger partial charge in [0, 0.05) is 19.5 Å². The topological polar surface area (TPSA) is 63.7 Å². The number of amides is 1. The minimum atomic E-state index is -0.386. The van der Waals surface area contributed by atoms with Crippen LogP contribution in [0.3, 0.4) is 0 Å². The fraction of sp³-hybridized carbons (Fsp3) is 0.850. The molecule has 0 radical (unpaired) electrons. The second-order valence-corrected chi connectivity index (χ2v) is 9.52. The van der Waals surface area contributed by atoms with Gasteiger partial charge in [-0.1, -0.05) is 13.8 Å². The van der Waals surface area contributed by atoms with Crippen LogP contribution in [0.4, 0.5) is 4.79 Å². The maximum Gasteiger partial charge on any atom is 0.410 e. The largest absolute Gasteiger partial charge is 0.447 e. The highest BCUT2D eigenvalue weighted by atomic mass is 32.2. The summed E-state index contributed by atoms with van der Waals surface area (Å²) in [5.41, 5.74) is 0. The minimum Gasteiger partial charge on any atom is -0.447 e. The fourth-order valence-electron chi connectivity index (χ4n) is 3.64. The number of Topliss-reactive ketones (excluding diaryl/α,β-unsaturated/α-hetero) is 2. The standard InChI is InChI=1S/C20H33NO4S/c1-13(2)12-26-18-11-17(22)16(19(18)23)6-5-15-7-9-21(10-8-15)20(24)25-14(3)4/h13-16,18H,5-12H2,1-4H3. The Morgan fingerprint density at radius 2 is 1.81 bits per heavy atom. The highest BCUT2D eigenvalue weighted by Crippen LogP contribution is 2.34. The van der Waals surface area contributed by atoms with Crippen LogP contribution in [-0.2, 0) is 14.3 Å². The minimum absolute atomic E-state index is 0.0962. The molecule has 1 saturated heterocycles. The molecule has 0 aromatic carbocycles. The van der Waals surface area contributed by atoms with E-state index in [-0.39, 0.29) is 34.9 Å². The van der Waals surface area contributed by atoms with Gasteiger partial charge in [0.05, 0.1) is 17.3 Å². The molecule has 6 heteroatoms. The highest BCUT2D eigenvalue weighted by Gasteiger charge is 2.41. The Bertz CT molecular complexity index is 512. The molecule has 0 aromatic rings. The van der Waals surface area contributed by atoms with E-state index >= 15 is 0 Å². The van der Waals surface area contributed by atoms with Crippen LogP contribution in [0.2, 0.25) is 0 Å². The summed E-state index contributed by atoms with van der Waals surface area (Å²) in [6.07, 6.45) is 3.52. The van der Waals surface area contributed by atoms with Crippen LogP contribution in [0.5, 0.6) is 0 Å². The van der Waals surface area contributed by atoms with Gasteiger partial charge in [-0.25, -0.2) is 4.79 Å². The van der Waals surface area contributed by atoms with Gasteiger partial charge in [0.25, 0.3) is 0 Å². The second kappa shape index (κ2) is 9.77. The van der Waals surface area contributed by atoms with Gasteiger partial charge >= 0.3 is 6.09 Å². The number of carbonyl (C=O) groups excluding carboxylic acids is 3. The van der Waals surface area contributed by atoms with Crippen LogP contribution in [0.15, 0.2) is 0 Å². The molecular weight excluding hydrogens is 350 g/mol. The first kappa shape index (κ1) is 21.3. The Labute approximate surface area is 161 Å². The molecule has 1 heterocycles. The lowest BCUT2D eigenvalue weighted by atomic mass is 9.88. The quantitative estimate of drug-likeness (QED) is 0.623. The van der Waals surface area contributed by atoms with Crippen molar-refractivity contribution >= 4 is 29.4 Å². The molecule has 2 atom stereocenters. The first-order valence-corrected chi connectivity index (χ1v) is 11.0. The van der Waals surface area contributed by atoms with Crippen molar-refractivity contribution in [3.8, 4) is 0 Å². The number of nitrogens with zero attached hydrogens (tertiary/aromatic N) is 1. The summed E-state index contributed by atoms with van der Waals surface area (Å²) in [7, 11) is 0. The molecule has 1 aliphatic carbocycles. The van der Waals surface area contributed by atoms with Gasteiger partial charge < -0.3 is 9.64 Å². The normalized spacial score (nSPS) is 24.8. The molecule has 1 aliphatic heterocycles. The molecule has 0 N–H and O–H groups in total. The van der Waals surface area contributed by atoms with Gasteiger partial charge in [0.1, 0.15) is 5.78 Å². The van der Waals surface area contributed by atoms with Crippen molar-refractivity contribution in [1.82, 2.24) is 4.90 Å². The predicted molar refractivity (Wildman–Crippen MR) is 104 cm³/mol. The number of hydrogen-bond donors (Lipinski definition) is 0. The van der Waals surface area contributed by atoms with Crippen molar-refractivity contribution in [2.75, 3.05) is 18.8 Å². The molecule has 0 spiro atoms. The number of hydrogen-bond acceptors (Lipinski definition) is 5. The maximum absolute atomic E-state index is 12.5. The Hall–Kier alpha value is -1.04. The van der Waals surface area contributed by atoms with E-state index in [4.69, 9.17) is 4.74 Å². The first-order chi connectivity index (χ1) is 12.3. The van der Waals surface area contributed by atoms with Crippen LogP contribution in [0, 0.1) is 17.8 Å². The monoisotopic (exact) mass is 383 g/mol. The third-order valence-corrected chi connectivity index (χ3v) is 6.80. The Morgan fingerprint density at radius 3 is 2.38 bits per heavy atom. The van der Waals surface area contributed by atoms with Crippen molar-refractivity contribution in [2.24, 2.45) is 17.8 Å². The maximum atomic E-state index is 12.5. The smallest absolute Gasteiger partial charge is 0.410 e. The number of carbonyl (C=O) groups is 3. The van der Waals surface area contributed by atoms with E-state index in [0.29, 0.717) is 37.8 Å². The molecule has 26 heavy (non-hydrogen) atoms. The zero-order valence-electron chi connectivity index (χ0n) is 16.5. The zero-order valence-corrected chi connectivity index (χ0v) is 17.3. The average molecular weight is 384 g/mol. The van der Waals surface area contributed by atoms with E-state index in [9.17, 15) is 14.4 Å². The summed E-state index contributed by atoms with van der Waals surface area (Å²) in [6.45, 7) is 9.38. The molecule has 0 bridgehead atoms. The lowest BCUT2D eigenvalue weighted by Crippen LogP contribution is -2.39. The average Bonchev–Trinajstić information content (AvgIpc) is 2.84. The van der Waals surface area contributed by atoms with Crippen molar-refractivity contribution in [3.05, 3.63) is 0 Å². The van der Waals surface area contributed by atoms with Gasteiger partial charge in [-0.3, -0.25) is 9.59 Å². The number of thioether (sulfide) groups is 1. The van der Waals surface area contributed by atoms with Gasteiger partial charge in [-0.2, -0.15) is 0 Å². The summed E-state index contributed by atoms with van der Waals surface area (Å²) in [5.74, 6) is 1.86. The zero-order chi connectivity index (χ0) is 19.3. The molecule has 1 saturated carbocycles. The molecular formula is C20H33NO4S. The Balaban J connectivity index is 1.73. The van der Waals surface area contributed by atoms with E-state index in [1.54, 1.807) is 16.7 Å². The van der Waals surface area contributed by atoms with Crippen molar-refractivity contribution < 1.29 is 19.1 Å². The number of ether oxygens (including phenoxy) is 1. The SMILES string of the molecule is CC(C)CSC1CC(=O)C(CCC2CCN(C(=O)OC(C)C)CC2)C1=O. The summed E-state index contributed by atoms with van der Waals surface area (Å²) < 4.78 is 5.24. The third kappa shape index (κ3) is 6.00. The van der Waals surface area contributed by atoms with Gasteiger partial charge in [0.15, 0.2) is 5.78 Å². The van der Waals surface area contributed by atoms with E-state index in [1.165, 1.54) is 0 Å². The van der Waals surface area contributed by atoms with E-state index in [0.717, 1.165) is 25.0 Å². The van der Waals surface area contributed by atoms with Crippen LogP contribution < -0.4 is 0 Å². The van der Waals surface area contributed by atoms with Crippen molar-refractivity contribution in [2.45, 2.75) is 71.2 Å². The number of likely N-dealkylation sites (tertiary alicyclic amines) is 1. The summed E-state index contributed by atoms with van der Waals surface area (Å²) in [6, 6.07) is 0. The molecule has 2 rings (SSSR count). The first-order valence-electron chi connectivity index (χ1n) is 9.91. The molecule has 2 aliphatic rings. The molecule has 148 valence electrons. The number of ketones is 2. The number of rotatable bonds is 7. The highest BCUT2D eigenvalue weighted by molar-refractivity contribution is 8.00. The van der Waals surface area contributed by atoms with Gasteiger partial charge in [-0.15, -0.1) is 11.8 Å². The van der Waals surface area contributed by atoms with E-state index in [1.807, 2.05) is 13.8 Å². The lowest BCUT2D eigenvalue weighted by Gasteiger charge is -2.32. The van der Waals surface area contributed by atoms with Crippen LogP contribution >= 0.6 is 11.8 Å². The predicted octanol–water partition coefficient (Wildman–Crippen LogP) is 3.94. The molecule has 2 unspecified atom stereocenters. The molecule has 1 amide bonds. The number of piperidine rings is 1. The summed E-state index contributed by atoms with van der Waals surface area (Å²) in [4.78, 5) is 38.5. The summed E-state index contributed by atoms with van der Waals surface area (Å²) >= 11 is 1.65. The Morgan fingerprint density at radius 1 is 1.15 bits per heavy atom.